The van der Waals surface area contributed by atoms with Crippen LogP contribution in [-0.2, 0) is 6.54 Å². The van der Waals surface area contributed by atoms with E-state index in [0.29, 0.717) is 12.2 Å². The van der Waals surface area contributed by atoms with Crippen molar-refractivity contribution in [3.05, 3.63) is 65.6 Å². The maximum atomic E-state index is 12.9. The molecule has 0 amide bonds. The van der Waals surface area contributed by atoms with E-state index < -0.39 is 0 Å². The van der Waals surface area contributed by atoms with Crippen LogP contribution in [0.25, 0.3) is 10.9 Å². The predicted octanol–water partition coefficient (Wildman–Crippen LogP) is 3.25. The van der Waals surface area contributed by atoms with E-state index in [1.165, 1.54) is 12.1 Å². The molecule has 0 atom stereocenters. The van der Waals surface area contributed by atoms with Gasteiger partial charge in [0, 0.05) is 11.9 Å². The fourth-order valence-corrected chi connectivity index (χ4v) is 2.10. The second-order valence-corrected chi connectivity index (χ2v) is 4.53. The van der Waals surface area contributed by atoms with Gasteiger partial charge in [-0.3, -0.25) is 0 Å². The van der Waals surface area contributed by atoms with Crippen molar-refractivity contribution in [1.29, 1.82) is 5.26 Å². The Morgan fingerprint density at radius 2 is 1.81 bits per heavy atom. The quantitative estimate of drug-likeness (QED) is 0.798. The smallest absolute Gasteiger partial charge is 0.186 e. The van der Waals surface area contributed by atoms with E-state index in [1.807, 2.05) is 30.3 Å². The summed E-state index contributed by atoms with van der Waals surface area (Å²) >= 11 is 0. The molecule has 0 saturated carbocycles. The number of benzene rings is 2. The lowest BCUT2D eigenvalue weighted by atomic mass is 10.1. The zero-order chi connectivity index (χ0) is 14.7. The molecule has 0 aliphatic heterocycles. The molecule has 1 aromatic heterocycles. The summed E-state index contributed by atoms with van der Waals surface area (Å²) in [6, 6.07) is 15.7. The number of hydrogen-bond donors (Lipinski definition) is 1. The number of rotatable bonds is 3. The van der Waals surface area contributed by atoms with Crippen LogP contribution in [0.3, 0.4) is 0 Å². The van der Waals surface area contributed by atoms with Crippen LogP contribution in [-0.4, -0.2) is 10.2 Å². The number of anilines is 1. The van der Waals surface area contributed by atoms with E-state index in [9.17, 15) is 4.39 Å². The van der Waals surface area contributed by atoms with Crippen LogP contribution in [0.5, 0.6) is 0 Å². The van der Waals surface area contributed by atoms with Crippen molar-refractivity contribution >= 4 is 16.6 Å². The first kappa shape index (κ1) is 13.0. The highest BCUT2D eigenvalue weighted by Gasteiger charge is 2.09. The maximum Gasteiger partial charge on any atom is 0.186 e. The Kier molecular flexibility index (Phi) is 3.44. The Labute approximate surface area is 120 Å². The average molecular weight is 278 g/mol. The number of nitrogens with one attached hydrogen (secondary N) is 1. The van der Waals surface area contributed by atoms with Gasteiger partial charge in [-0.1, -0.05) is 30.3 Å². The average Bonchev–Trinajstić information content (AvgIpc) is 2.54. The maximum absolute atomic E-state index is 12.9. The molecule has 0 radical (unpaired) electrons. The third-order valence-electron chi connectivity index (χ3n) is 3.16. The van der Waals surface area contributed by atoms with E-state index in [2.05, 4.69) is 15.5 Å². The number of fused-ring (bicyclic) bond motifs is 1. The molecule has 3 rings (SSSR count). The first-order chi connectivity index (χ1) is 10.3. The second-order valence-electron chi connectivity index (χ2n) is 4.53. The Morgan fingerprint density at radius 1 is 1.05 bits per heavy atom. The van der Waals surface area contributed by atoms with Crippen LogP contribution in [0.2, 0.25) is 0 Å². The summed E-state index contributed by atoms with van der Waals surface area (Å²) in [5, 5.41) is 21.1. The molecule has 2 aromatic carbocycles. The molecule has 0 aliphatic carbocycles. The van der Waals surface area contributed by atoms with Crippen molar-refractivity contribution in [2.75, 3.05) is 5.32 Å². The Morgan fingerprint density at radius 3 is 2.57 bits per heavy atom. The molecular weight excluding hydrogens is 267 g/mol. The van der Waals surface area contributed by atoms with E-state index in [4.69, 9.17) is 5.26 Å². The van der Waals surface area contributed by atoms with E-state index in [1.54, 1.807) is 12.1 Å². The lowest BCUT2D eigenvalue weighted by molar-refractivity contribution is 0.627. The van der Waals surface area contributed by atoms with Gasteiger partial charge in [-0.05, 0) is 23.8 Å². The summed E-state index contributed by atoms with van der Waals surface area (Å²) in [4.78, 5) is 0. The predicted molar refractivity (Wildman–Crippen MR) is 78.0 cm³/mol. The zero-order valence-corrected chi connectivity index (χ0v) is 11.0. The number of halogens is 1. The number of nitriles is 1. The molecule has 1 heterocycles. The van der Waals surface area contributed by atoms with E-state index >= 15 is 0 Å². The summed E-state index contributed by atoms with van der Waals surface area (Å²) in [6.07, 6.45) is 0. The highest BCUT2D eigenvalue weighted by atomic mass is 19.1. The number of nitrogens with zero attached hydrogens (tertiary/aromatic N) is 3. The first-order valence-corrected chi connectivity index (χ1v) is 6.42. The van der Waals surface area contributed by atoms with Gasteiger partial charge in [-0.25, -0.2) is 4.39 Å². The molecule has 0 unspecified atom stereocenters. The minimum absolute atomic E-state index is 0.246. The standard InChI is InChI=1S/C16H11FN4/c17-12-7-5-11(6-8-12)10-19-16-13-3-1-2-4-14(13)20-21-15(16)9-18/h1-8H,10H2,(H,19,20). The summed E-state index contributed by atoms with van der Waals surface area (Å²) in [5.41, 5.74) is 2.53. The molecule has 0 saturated heterocycles. The van der Waals surface area contributed by atoms with E-state index in [-0.39, 0.29) is 11.5 Å². The fourth-order valence-electron chi connectivity index (χ4n) is 2.10. The van der Waals surface area contributed by atoms with Gasteiger partial charge in [-0.15, -0.1) is 10.2 Å². The molecule has 0 spiro atoms. The topological polar surface area (TPSA) is 61.6 Å². The molecule has 0 bridgehead atoms. The molecule has 1 N–H and O–H groups in total. The molecule has 4 nitrogen and oxygen atoms in total. The molecule has 3 aromatic rings. The highest BCUT2D eigenvalue weighted by molar-refractivity contribution is 5.92. The van der Waals surface area contributed by atoms with Crippen LogP contribution >= 0.6 is 0 Å². The third kappa shape index (κ3) is 2.65. The van der Waals surface area contributed by atoms with Crippen LogP contribution < -0.4 is 5.32 Å². The Bertz CT molecular complexity index is 822. The van der Waals surface area contributed by atoms with E-state index in [0.717, 1.165) is 16.5 Å². The molecule has 102 valence electrons. The zero-order valence-electron chi connectivity index (χ0n) is 11.0. The van der Waals surface area contributed by atoms with Gasteiger partial charge in [0.2, 0.25) is 0 Å². The highest BCUT2D eigenvalue weighted by Crippen LogP contribution is 2.24. The van der Waals surface area contributed by atoms with Gasteiger partial charge < -0.3 is 5.32 Å². The van der Waals surface area contributed by atoms with Crippen molar-refractivity contribution in [2.45, 2.75) is 6.54 Å². The van der Waals surface area contributed by atoms with Gasteiger partial charge in [0.25, 0.3) is 0 Å². The lowest BCUT2D eigenvalue weighted by Crippen LogP contribution is -2.04. The van der Waals surface area contributed by atoms with Gasteiger partial charge in [0.15, 0.2) is 5.69 Å². The van der Waals surface area contributed by atoms with Crippen molar-refractivity contribution in [2.24, 2.45) is 0 Å². The second kappa shape index (κ2) is 5.55. The van der Waals surface area contributed by atoms with Crippen molar-refractivity contribution < 1.29 is 4.39 Å². The minimum Gasteiger partial charge on any atom is -0.378 e. The van der Waals surface area contributed by atoms with Gasteiger partial charge in [0.05, 0.1) is 11.2 Å². The molecule has 21 heavy (non-hydrogen) atoms. The van der Waals surface area contributed by atoms with Crippen LogP contribution in [0.1, 0.15) is 11.3 Å². The largest absolute Gasteiger partial charge is 0.378 e. The fraction of sp³-hybridized carbons (Fsp3) is 0.0625. The Balaban J connectivity index is 1.95. The van der Waals surface area contributed by atoms with Gasteiger partial charge in [0.1, 0.15) is 11.9 Å². The monoisotopic (exact) mass is 278 g/mol. The van der Waals surface area contributed by atoms with Gasteiger partial charge >= 0.3 is 0 Å². The van der Waals surface area contributed by atoms with Crippen molar-refractivity contribution in [1.82, 2.24) is 10.2 Å². The molecule has 5 heteroatoms. The molecule has 0 fully saturated rings. The molecule has 0 aliphatic rings. The summed E-state index contributed by atoms with van der Waals surface area (Å²) in [5.74, 6) is -0.271. The summed E-state index contributed by atoms with van der Waals surface area (Å²) < 4.78 is 12.9. The third-order valence-corrected chi connectivity index (χ3v) is 3.16. The molecular formula is C16H11FN4. The SMILES string of the molecule is N#Cc1nnc2ccccc2c1NCc1ccc(F)cc1. The van der Waals surface area contributed by atoms with Gasteiger partial charge in [-0.2, -0.15) is 5.26 Å². The van der Waals surface area contributed by atoms with Crippen molar-refractivity contribution in [3.63, 3.8) is 0 Å². The Hall–Kier alpha value is -3.00. The minimum atomic E-state index is -0.271. The first-order valence-electron chi connectivity index (χ1n) is 6.42. The normalized spacial score (nSPS) is 10.3. The van der Waals surface area contributed by atoms with Crippen molar-refractivity contribution in [3.8, 4) is 6.07 Å². The number of hydrogen-bond acceptors (Lipinski definition) is 4. The van der Waals surface area contributed by atoms with Crippen LogP contribution in [0.15, 0.2) is 48.5 Å². The number of aromatic nitrogens is 2. The van der Waals surface area contributed by atoms with Crippen LogP contribution in [0, 0.1) is 17.1 Å². The lowest BCUT2D eigenvalue weighted by Gasteiger charge is -2.10. The van der Waals surface area contributed by atoms with Crippen LogP contribution in [0.4, 0.5) is 10.1 Å². The summed E-state index contributed by atoms with van der Waals surface area (Å²) in [6.45, 7) is 0.477. The summed E-state index contributed by atoms with van der Waals surface area (Å²) in [7, 11) is 0.